The molecular formula is C19H24ClN3O3. The van der Waals surface area contributed by atoms with Crippen LogP contribution in [-0.4, -0.2) is 40.4 Å². The van der Waals surface area contributed by atoms with Crippen LogP contribution in [0.5, 0.6) is 5.75 Å². The van der Waals surface area contributed by atoms with E-state index in [1.165, 1.54) is 4.68 Å². The van der Waals surface area contributed by atoms with Crippen molar-refractivity contribution in [2.75, 3.05) is 19.7 Å². The molecule has 140 valence electrons. The van der Waals surface area contributed by atoms with Crippen LogP contribution < -0.4 is 10.5 Å². The van der Waals surface area contributed by atoms with E-state index in [4.69, 9.17) is 20.8 Å². The van der Waals surface area contributed by atoms with Gasteiger partial charge in [-0.25, -0.2) is 4.79 Å². The molecule has 0 atom stereocenters. The first-order valence-electron chi connectivity index (χ1n) is 9.32. The van der Waals surface area contributed by atoms with Gasteiger partial charge in [0, 0.05) is 24.2 Å². The third-order valence-corrected chi connectivity index (χ3v) is 5.56. The first-order valence-corrected chi connectivity index (χ1v) is 9.70. The highest BCUT2D eigenvalue weighted by molar-refractivity contribution is 6.31. The molecule has 7 heteroatoms. The van der Waals surface area contributed by atoms with Gasteiger partial charge in [0.15, 0.2) is 0 Å². The number of ether oxygens (including phenoxy) is 1. The van der Waals surface area contributed by atoms with E-state index in [2.05, 4.69) is 23.8 Å². The predicted molar refractivity (Wildman–Crippen MR) is 100 cm³/mol. The van der Waals surface area contributed by atoms with E-state index in [1.54, 1.807) is 6.07 Å². The number of hydrogen-bond acceptors (Lipinski definition) is 5. The van der Waals surface area contributed by atoms with Gasteiger partial charge in [0.25, 0.3) is 5.89 Å². The number of fused-ring (bicyclic) bond motifs is 1. The van der Waals surface area contributed by atoms with Crippen molar-refractivity contribution in [1.29, 1.82) is 0 Å². The Bertz CT molecular complexity index is 850. The van der Waals surface area contributed by atoms with E-state index >= 15 is 0 Å². The number of aromatic nitrogens is 2. The SMILES string of the molecule is CC(C)N1CCC(n2nc(-c3cc(Cl)cc4c3OCCC4)oc2=O)CC1. The van der Waals surface area contributed by atoms with Crippen LogP contribution in [0.4, 0.5) is 0 Å². The molecule has 6 nitrogen and oxygen atoms in total. The molecule has 1 aromatic carbocycles. The molecule has 0 spiro atoms. The molecule has 1 saturated heterocycles. The van der Waals surface area contributed by atoms with Gasteiger partial charge in [0.2, 0.25) is 0 Å². The van der Waals surface area contributed by atoms with Crippen molar-refractivity contribution in [3.63, 3.8) is 0 Å². The van der Waals surface area contributed by atoms with Gasteiger partial charge in [0.1, 0.15) is 5.75 Å². The van der Waals surface area contributed by atoms with Crippen LogP contribution in [0, 0.1) is 0 Å². The summed E-state index contributed by atoms with van der Waals surface area (Å²) in [5.74, 6) is 0.623. The van der Waals surface area contributed by atoms with Crippen molar-refractivity contribution >= 4 is 11.6 Å². The van der Waals surface area contributed by atoms with Crippen LogP contribution in [0.2, 0.25) is 5.02 Å². The molecule has 2 aliphatic heterocycles. The van der Waals surface area contributed by atoms with Gasteiger partial charge in [0.05, 0.1) is 18.2 Å². The minimum atomic E-state index is -0.410. The molecule has 26 heavy (non-hydrogen) atoms. The van der Waals surface area contributed by atoms with E-state index in [0.717, 1.165) is 50.1 Å². The summed E-state index contributed by atoms with van der Waals surface area (Å²) >= 11 is 6.26. The number of hydrogen-bond donors (Lipinski definition) is 0. The number of rotatable bonds is 3. The summed E-state index contributed by atoms with van der Waals surface area (Å²) in [5, 5.41) is 5.11. The quantitative estimate of drug-likeness (QED) is 0.818. The molecule has 0 unspecified atom stereocenters. The molecule has 2 aliphatic rings. The van der Waals surface area contributed by atoms with Crippen LogP contribution in [-0.2, 0) is 6.42 Å². The minimum absolute atomic E-state index is 0.0749. The standard InChI is InChI=1S/C19H24ClN3O3/c1-12(2)22-7-5-15(6-8-22)23-19(24)26-18(21-23)16-11-14(20)10-13-4-3-9-25-17(13)16/h10-12,15H,3-9H2,1-2H3. The van der Waals surface area contributed by atoms with Gasteiger partial charge in [-0.05, 0) is 57.2 Å². The molecule has 4 rings (SSSR count). The summed E-state index contributed by atoms with van der Waals surface area (Å²) in [6, 6.07) is 4.28. The summed E-state index contributed by atoms with van der Waals surface area (Å²) in [5.41, 5.74) is 1.71. The average Bonchev–Trinajstić information content (AvgIpc) is 3.02. The summed E-state index contributed by atoms with van der Waals surface area (Å²) < 4.78 is 12.8. The van der Waals surface area contributed by atoms with Crippen molar-refractivity contribution < 1.29 is 9.15 Å². The van der Waals surface area contributed by atoms with Crippen molar-refractivity contribution in [2.24, 2.45) is 0 Å². The molecule has 0 amide bonds. The maximum absolute atomic E-state index is 12.4. The Hall–Kier alpha value is -1.79. The zero-order valence-electron chi connectivity index (χ0n) is 15.2. The molecule has 2 aromatic rings. The van der Waals surface area contributed by atoms with E-state index in [-0.39, 0.29) is 6.04 Å². The number of piperidine rings is 1. The van der Waals surface area contributed by atoms with Gasteiger partial charge >= 0.3 is 5.76 Å². The third kappa shape index (κ3) is 3.28. The fraction of sp³-hybridized carbons (Fsp3) is 0.579. The number of benzene rings is 1. The van der Waals surface area contributed by atoms with Gasteiger partial charge in [-0.1, -0.05) is 11.6 Å². The van der Waals surface area contributed by atoms with Crippen molar-refractivity contribution in [3.05, 3.63) is 33.3 Å². The van der Waals surface area contributed by atoms with Crippen LogP contribution in [0.1, 0.15) is 44.7 Å². The molecule has 0 bridgehead atoms. The Morgan fingerprint density at radius 1 is 1.27 bits per heavy atom. The summed E-state index contributed by atoms with van der Waals surface area (Å²) in [4.78, 5) is 14.8. The van der Waals surface area contributed by atoms with Crippen LogP contribution in [0.25, 0.3) is 11.5 Å². The zero-order valence-corrected chi connectivity index (χ0v) is 16.0. The molecule has 1 aromatic heterocycles. The number of nitrogens with zero attached hydrogens (tertiary/aromatic N) is 3. The molecular weight excluding hydrogens is 354 g/mol. The van der Waals surface area contributed by atoms with Crippen molar-refractivity contribution in [3.8, 4) is 17.2 Å². The molecule has 3 heterocycles. The lowest BCUT2D eigenvalue weighted by atomic mass is 10.0. The van der Waals surface area contributed by atoms with Crippen molar-refractivity contribution in [2.45, 2.75) is 51.6 Å². The lowest BCUT2D eigenvalue weighted by molar-refractivity contribution is 0.144. The highest BCUT2D eigenvalue weighted by atomic mass is 35.5. The van der Waals surface area contributed by atoms with E-state index in [0.29, 0.717) is 29.1 Å². The van der Waals surface area contributed by atoms with E-state index < -0.39 is 5.76 Å². The predicted octanol–water partition coefficient (Wildman–Crippen LogP) is 3.53. The summed E-state index contributed by atoms with van der Waals surface area (Å²) in [6.45, 7) is 6.98. The second-order valence-corrected chi connectivity index (χ2v) is 7.81. The lowest BCUT2D eigenvalue weighted by Crippen LogP contribution is -2.40. The Kier molecular flexibility index (Phi) is 4.80. The van der Waals surface area contributed by atoms with Gasteiger partial charge < -0.3 is 14.1 Å². The second-order valence-electron chi connectivity index (χ2n) is 7.37. The topological polar surface area (TPSA) is 60.5 Å². The van der Waals surface area contributed by atoms with Gasteiger partial charge in [-0.3, -0.25) is 0 Å². The first kappa shape index (κ1) is 17.6. The van der Waals surface area contributed by atoms with Crippen LogP contribution >= 0.6 is 11.6 Å². The van der Waals surface area contributed by atoms with E-state index in [1.807, 2.05) is 6.07 Å². The average molecular weight is 378 g/mol. The normalized spacial score (nSPS) is 18.8. The maximum Gasteiger partial charge on any atom is 0.437 e. The Morgan fingerprint density at radius 3 is 2.77 bits per heavy atom. The maximum atomic E-state index is 12.4. The molecule has 1 fully saturated rings. The molecule has 0 saturated carbocycles. The molecule has 0 aliphatic carbocycles. The van der Waals surface area contributed by atoms with Gasteiger partial charge in [-0.15, -0.1) is 5.10 Å². The third-order valence-electron chi connectivity index (χ3n) is 5.34. The van der Waals surface area contributed by atoms with Crippen LogP contribution in [0.15, 0.2) is 21.3 Å². The Labute approximate surface area is 157 Å². The summed E-state index contributed by atoms with van der Waals surface area (Å²) in [6.07, 6.45) is 3.66. The largest absolute Gasteiger partial charge is 0.492 e. The smallest absolute Gasteiger partial charge is 0.437 e. The number of halogens is 1. The number of likely N-dealkylation sites (tertiary alicyclic amines) is 1. The highest BCUT2D eigenvalue weighted by Crippen LogP contribution is 2.38. The second kappa shape index (κ2) is 7.08. The molecule has 0 N–H and O–H groups in total. The zero-order chi connectivity index (χ0) is 18.3. The summed E-state index contributed by atoms with van der Waals surface area (Å²) in [7, 11) is 0. The fourth-order valence-electron chi connectivity index (χ4n) is 3.88. The minimum Gasteiger partial charge on any atom is -0.492 e. The Morgan fingerprint density at radius 2 is 2.04 bits per heavy atom. The van der Waals surface area contributed by atoms with E-state index in [9.17, 15) is 4.79 Å². The monoisotopic (exact) mass is 377 g/mol. The lowest BCUT2D eigenvalue weighted by Gasteiger charge is -2.33. The number of aryl methyl sites for hydroxylation is 1. The fourth-order valence-corrected chi connectivity index (χ4v) is 4.12. The molecule has 0 radical (unpaired) electrons. The Balaban J connectivity index is 1.64. The van der Waals surface area contributed by atoms with Crippen LogP contribution in [0.3, 0.4) is 0 Å². The first-order chi connectivity index (χ1) is 12.5. The highest BCUT2D eigenvalue weighted by Gasteiger charge is 2.27. The van der Waals surface area contributed by atoms with Gasteiger partial charge in [-0.2, -0.15) is 4.68 Å². The van der Waals surface area contributed by atoms with Crippen molar-refractivity contribution in [1.82, 2.24) is 14.7 Å².